The van der Waals surface area contributed by atoms with Crippen molar-refractivity contribution in [3.05, 3.63) is 24.0 Å². The molecule has 1 aromatic carbocycles. The van der Waals surface area contributed by atoms with Crippen molar-refractivity contribution in [2.45, 2.75) is 31.2 Å². The van der Waals surface area contributed by atoms with Crippen LogP contribution in [0, 0.1) is 5.82 Å². The summed E-state index contributed by atoms with van der Waals surface area (Å²) in [6.45, 7) is 4.69. The normalized spacial score (nSPS) is 20.0. The van der Waals surface area contributed by atoms with Gasteiger partial charge in [-0.15, -0.1) is 0 Å². The molecule has 1 heterocycles. The maximum absolute atomic E-state index is 14.2. The van der Waals surface area contributed by atoms with Gasteiger partial charge in [-0.3, -0.25) is 4.72 Å². The molecule has 2 N–H and O–H groups in total. The molecule has 0 amide bonds. The molecule has 2 rings (SSSR count). The summed E-state index contributed by atoms with van der Waals surface area (Å²) >= 11 is 0. The molecule has 1 saturated heterocycles. The molecule has 0 aliphatic carbocycles. The summed E-state index contributed by atoms with van der Waals surface area (Å²) in [4.78, 5) is -0.187. The summed E-state index contributed by atoms with van der Waals surface area (Å²) in [6.07, 6.45) is 0.393. The first-order valence-electron chi connectivity index (χ1n) is 7.69. The predicted molar refractivity (Wildman–Crippen MR) is 90.3 cm³/mol. The van der Waals surface area contributed by atoms with Crippen LogP contribution in [-0.4, -0.2) is 52.6 Å². The summed E-state index contributed by atoms with van der Waals surface area (Å²) in [5.41, 5.74) is -0.254. The summed E-state index contributed by atoms with van der Waals surface area (Å²) in [7, 11) is -7.45. The summed E-state index contributed by atoms with van der Waals surface area (Å²) in [5, 5.41) is 3.14. The molecule has 24 heavy (non-hydrogen) atoms. The van der Waals surface area contributed by atoms with Gasteiger partial charge in [-0.05, 0) is 31.5 Å². The highest BCUT2D eigenvalue weighted by molar-refractivity contribution is 7.92. The van der Waals surface area contributed by atoms with Crippen LogP contribution in [0.3, 0.4) is 0 Å². The second-order valence-corrected chi connectivity index (χ2v) is 9.56. The van der Waals surface area contributed by atoms with Crippen molar-refractivity contribution < 1.29 is 21.2 Å². The number of rotatable bonds is 6. The number of sulfonamides is 2. The third kappa shape index (κ3) is 4.44. The molecule has 136 valence electrons. The predicted octanol–water partition coefficient (Wildman–Crippen LogP) is 0.960. The van der Waals surface area contributed by atoms with E-state index in [9.17, 15) is 21.2 Å². The lowest BCUT2D eigenvalue weighted by atomic mass is 10.3. The Hall–Kier alpha value is -1.23. The van der Waals surface area contributed by atoms with Crippen molar-refractivity contribution in [1.29, 1.82) is 0 Å². The van der Waals surface area contributed by atoms with Crippen molar-refractivity contribution in [2.24, 2.45) is 0 Å². The second kappa shape index (κ2) is 7.34. The minimum atomic E-state index is -3.81. The lowest BCUT2D eigenvalue weighted by molar-refractivity contribution is 0.310. The quantitative estimate of drug-likeness (QED) is 0.768. The Morgan fingerprint density at radius 1 is 1.33 bits per heavy atom. The Kier molecular flexibility index (Phi) is 5.84. The van der Waals surface area contributed by atoms with Crippen LogP contribution in [0.15, 0.2) is 23.1 Å². The third-order valence-electron chi connectivity index (χ3n) is 3.65. The number of anilines is 1. The lowest BCUT2D eigenvalue weighted by Gasteiger charge is -2.31. The first-order chi connectivity index (χ1) is 11.2. The minimum absolute atomic E-state index is 0.0125. The Morgan fingerprint density at radius 2 is 2.04 bits per heavy atom. The van der Waals surface area contributed by atoms with E-state index in [4.69, 9.17) is 0 Å². The first-order valence-corrected chi connectivity index (χ1v) is 10.8. The molecule has 1 aromatic rings. The SMILES string of the molecule is CCCS(=O)(=O)Nc1ccc(S(=O)(=O)N2CCNC(C)C2)cc1F. The Morgan fingerprint density at radius 3 is 2.62 bits per heavy atom. The van der Waals surface area contributed by atoms with E-state index in [1.165, 1.54) is 10.4 Å². The molecule has 1 atom stereocenters. The van der Waals surface area contributed by atoms with E-state index >= 15 is 0 Å². The molecule has 1 unspecified atom stereocenters. The zero-order valence-corrected chi connectivity index (χ0v) is 15.3. The van der Waals surface area contributed by atoms with Gasteiger partial charge in [0.1, 0.15) is 5.82 Å². The van der Waals surface area contributed by atoms with Gasteiger partial charge in [0.25, 0.3) is 0 Å². The van der Waals surface area contributed by atoms with Gasteiger partial charge in [-0.1, -0.05) is 6.92 Å². The number of nitrogens with one attached hydrogen (secondary N) is 2. The van der Waals surface area contributed by atoms with Crippen molar-refractivity contribution in [2.75, 3.05) is 30.1 Å². The summed E-state index contributed by atoms with van der Waals surface area (Å²) in [5.74, 6) is -1.05. The van der Waals surface area contributed by atoms with Crippen molar-refractivity contribution >= 4 is 25.7 Å². The molecule has 10 heteroatoms. The summed E-state index contributed by atoms with van der Waals surface area (Å²) < 4.78 is 66.2. The van der Waals surface area contributed by atoms with Crippen molar-refractivity contribution in [1.82, 2.24) is 9.62 Å². The van der Waals surface area contributed by atoms with Gasteiger partial charge in [0, 0.05) is 25.7 Å². The van der Waals surface area contributed by atoms with E-state index in [-0.39, 0.29) is 22.4 Å². The van der Waals surface area contributed by atoms with E-state index in [0.29, 0.717) is 26.1 Å². The van der Waals surface area contributed by atoms with E-state index in [1.807, 2.05) is 6.92 Å². The molecule has 1 aliphatic heterocycles. The minimum Gasteiger partial charge on any atom is -0.312 e. The van der Waals surface area contributed by atoms with Crippen LogP contribution in [0.1, 0.15) is 20.3 Å². The number of hydrogen-bond donors (Lipinski definition) is 2. The maximum atomic E-state index is 14.2. The molecule has 0 bridgehead atoms. The van der Waals surface area contributed by atoms with E-state index in [0.717, 1.165) is 12.1 Å². The smallest absolute Gasteiger partial charge is 0.243 e. The maximum Gasteiger partial charge on any atom is 0.243 e. The standard InChI is InChI=1S/C14H22FN3O4S2/c1-3-8-23(19,20)17-14-5-4-12(9-13(14)15)24(21,22)18-7-6-16-11(2)10-18/h4-5,9,11,16-17H,3,6-8,10H2,1-2H3. The molecule has 7 nitrogen and oxygen atoms in total. The molecule has 1 fully saturated rings. The molecule has 1 aliphatic rings. The van der Waals surface area contributed by atoms with Gasteiger partial charge in [0.05, 0.1) is 16.3 Å². The first kappa shape index (κ1) is 19.1. The van der Waals surface area contributed by atoms with E-state index < -0.39 is 25.9 Å². The van der Waals surface area contributed by atoms with Gasteiger partial charge in [0.15, 0.2) is 0 Å². The van der Waals surface area contributed by atoms with Gasteiger partial charge in [-0.25, -0.2) is 21.2 Å². The monoisotopic (exact) mass is 379 g/mol. The van der Waals surface area contributed by atoms with Crippen LogP contribution >= 0.6 is 0 Å². The molecule has 0 spiro atoms. The van der Waals surface area contributed by atoms with Gasteiger partial charge in [0.2, 0.25) is 20.0 Å². The highest BCUT2D eigenvalue weighted by Gasteiger charge is 2.29. The fourth-order valence-corrected chi connectivity index (χ4v) is 5.17. The number of nitrogens with zero attached hydrogens (tertiary/aromatic N) is 1. The van der Waals surface area contributed by atoms with Crippen LogP contribution in [0.4, 0.5) is 10.1 Å². The van der Waals surface area contributed by atoms with Crippen LogP contribution in [-0.2, 0) is 20.0 Å². The Bertz CT molecular complexity index is 796. The number of hydrogen-bond acceptors (Lipinski definition) is 5. The topological polar surface area (TPSA) is 95.6 Å². The Balaban J connectivity index is 2.25. The van der Waals surface area contributed by atoms with Crippen molar-refractivity contribution in [3.63, 3.8) is 0 Å². The highest BCUT2D eigenvalue weighted by Crippen LogP contribution is 2.23. The van der Waals surface area contributed by atoms with Crippen LogP contribution < -0.4 is 10.0 Å². The van der Waals surface area contributed by atoms with E-state index in [1.54, 1.807) is 6.92 Å². The van der Waals surface area contributed by atoms with Crippen LogP contribution in [0.2, 0.25) is 0 Å². The van der Waals surface area contributed by atoms with Gasteiger partial charge in [-0.2, -0.15) is 4.31 Å². The molecule has 0 aromatic heterocycles. The lowest BCUT2D eigenvalue weighted by Crippen LogP contribution is -2.51. The highest BCUT2D eigenvalue weighted by atomic mass is 32.2. The summed E-state index contributed by atoms with van der Waals surface area (Å²) in [6, 6.07) is 3.22. The van der Waals surface area contributed by atoms with Crippen LogP contribution in [0.25, 0.3) is 0 Å². The van der Waals surface area contributed by atoms with Crippen molar-refractivity contribution in [3.8, 4) is 0 Å². The Labute approximate surface area is 142 Å². The number of benzene rings is 1. The molecule has 0 radical (unpaired) electrons. The van der Waals surface area contributed by atoms with Gasteiger partial charge < -0.3 is 5.32 Å². The molecule has 0 saturated carbocycles. The fourth-order valence-electron chi connectivity index (χ4n) is 2.49. The fraction of sp³-hybridized carbons (Fsp3) is 0.571. The van der Waals surface area contributed by atoms with E-state index in [2.05, 4.69) is 10.0 Å². The third-order valence-corrected chi connectivity index (χ3v) is 6.99. The largest absolute Gasteiger partial charge is 0.312 e. The average Bonchev–Trinajstić information content (AvgIpc) is 2.49. The zero-order valence-electron chi connectivity index (χ0n) is 13.6. The average molecular weight is 379 g/mol. The van der Waals surface area contributed by atoms with Gasteiger partial charge >= 0.3 is 0 Å². The molecular formula is C14H22FN3O4S2. The number of halogens is 1. The van der Waals surface area contributed by atoms with Crippen LogP contribution in [0.5, 0.6) is 0 Å². The second-order valence-electron chi connectivity index (χ2n) is 5.78. The molecular weight excluding hydrogens is 357 g/mol. The zero-order chi connectivity index (χ0) is 18.0. The number of piperazine rings is 1.